The van der Waals surface area contributed by atoms with E-state index in [4.69, 9.17) is 11.6 Å². The predicted octanol–water partition coefficient (Wildman–Crippen LogP) is 4.96. The summed E-state index contributed by atoms with van der Waals surface area (Å²) in [6, 6.07) is 11.8. The lowest BCUT2D eigenvalue weighted by Gasteiger charge is -2.13. The fraction of sp³-hybridized carbons (Fsp3) is 0.0714. The molecule has 0 amide bonds. The maximum absolute atomic E-state index is 6.30. The van der Waals surface area contributed by atoms with E-state index in [-0.39, 0.29) is 0 Å². The predicted molar refractivity (Wildman–Crippen MR) is 87.9 cm³/mol. The average molecular weight is 369 g/mol. The van der Waals surface area contributed by atoms with E-state index in [1.165, 1.54) is 4.88 Å². The molecular formula is C14H11BrClN3S. The Labute approximate surface area is 134 Å². The minimum atomic E-state index is 0.672. The highest BCUT2D eigenvalue weighted by Crippen LogP contribution is 2.29. The lowest BCUT2D eigenvalue weighted by Crippen LogP contribution is -2.04. The van der Waals surface area contributed by atoms with Gasteiger partial charge >= 0.3 is 0 Å². The minimum absolute atomic E-state index is 0.672. The smallest absolute Gasteiger partial charge is 0.106 e. The Hall–Kier alpha value is -1.30. The number of benzene rings is 1. The minimum Gasteiger partial charge on any atom is -0.378 e. The van der Waals surface area contributed by atoms with E-state index in [0.717, 1.165) is 21.7 Å². The maximum atomic E-state index is 6.30. The van der Waals surface area contributed by atoms with Crippen molar-refractivity contribution >= 4 is 44.6 Å². The van der Waals surface area contributed by atoms with Crippen LogP contribution in [0.4, 0.5) is 5.69 Å². The lowest BCUT2D eigenvalue weighted by atomic mass is 10.2. The molecule has 2 heterocycles. The molecule has 0 saturated carbocycles. The van der Waals surface area contributed by atoms with Crippen LogP contribution >= 0.6 is 38.9 Å². The molecule has 0 atom stereocenters. The number of nitrogens with one attached hydrogen (secondary N) is 1. The van der Waals surface area contributed by atoms with Gasteiger partial charge in [-0.1, -0.05) is 17.7 Å². The van der Waals surface area contributed by atoms with Crippen LogP contribution in [0.2, 0.25) is 5.02 Å². The van der Waals surface area contributed by atoms with Gasteiger partial charge in [0.2, 0.25) is 0 Å². The van der Waals surface area contributed by atoms with E-state index < -0.39 is 0 Å². The van der Waals surface area contributed by atoms with Crippen LogP contribution < -0.4 is 5.32 Å². The number of nitrogens with zero attached hydrogens (tertiary/aromatic N) is 2. The first-order chi connectivity index (χ1) is 9.74. The normalized spacial score (nSPS) is 10.7. The van der Waals surface area contributed by atoms with Gasteiger partial charge in [-0.25, -0.2) is 4.68 Å². The summed E-state index contributed by atoms with van der Waals surface area (Å²) in [6.07, 6.45) is 3.62. The van der Waals surface area contributed by atoms with Crippen LogP contribution in [0.3, 0.4) is 0 Å². The molecule has 6 heteroatoms. The number of para-hydroxylation sites is 1. The third kappa shape index (κ3) is 2.90. The standard InChI is InChI=1S/C14H11BrClN3S/c15-13-6-5-10(20-13)9-17-12-4-1-3-11(16)14(12)19-8-2-7-18-19/h1-8,17H,9H2. The fourth-order valence-electron chi connectivity index (χ4n) is 1.92. The highest BCUT2D eigenvalue weighted by molar-refractivity contribution is 9.11. The van der Waals surface area contributed by atoms with Crippen molar-refractivity contribution < 1.29 is 0 Å². The average Bonchev–Trinajstić information content (AvgIpc) is 3.08. The number of anilines is 1. The summed E-state index contributed by atoms with van der Waals surface area (Å²) in [6.45, 7) is 0.755. The highest BCUT2D eigenvalue weighted by Gasteiger charge is 2.09. The molecule has 0 saturated heterocycles. The summed E-state index contributed by atoms with van der Waals surface area (Å²) in [7, 11) is 0. The SMILES string of the molecule is Clc1cccc(NCc2ccc(Br)s2)c1-n1cccn1. The van der Waals surface area contributed by atoms with Crippen LogP contribution in [0.25, 0.3) is 5.69 Å². The molecule has 0 aliphatic heterocycles. The summed E-state index contributed by atoms with van der Waals surface area (Å²) < 4.78 is 2.90. The van der Waals surface area contributed by atoms with E-state index in [9.17, 15) is 0 Å². The molecule has 0 spiro atoms. The molecule has 0 bridgehead atoms. The Morgan fingerprint density at radius 2 is 2.15 bits per heavy atom. The molecule has 3 nitrogen and oxygen atoms in total. The Balaban J connectivity index is 1.88. The number of rotatable bonds is 4. The Bertz CT molecular complexity index is 709. The summed E-state index contributed by atoms with van der Waals surface area (Å²) >= 11 is 11.5. The van der Waals surface area contributed by atoms with Crippen LogP contribution in [0, 0.1) is 0 Å². The molecule has 20 heavy (non-hydrogen) atoms. The van der Waals surface area contributed by atoms with Gasteiger partial charge in [-0.3, -0.25) is 0 Å². The van der Waals surface area contributed by atoms with Gasteiger partial charge in [-0.05, 0) is 46.3 Å². The third-order valence-corrected chi connectivity index (χ3v) is 4.73. The number of halogens is 2. The first-order valence-corrected chi connectivity index (χ1v) is 7.99. The van der Waals surface area contributed by atoms with E-state index in [1.54, 1.807) is 22.2 Å². The van der Waals surface area contributed by atoms with Crippen LogP contribution in [0.5, 0.6) is 0 Å². The molecule has 102 valence electrons. The fourth-order valence-corrected chi connectivity index (χ4v) is 3.61. The van der Waals surface area contributed by atoms with Crippen molar-refractivity contribution in [3.05, 3.63) is 62.5 Å². The number of aromatic nitrogens is 2. The van der Waals surface area contributed by atoms with Gasteiger partial charge in [-0.15, -0.1) is 11.3 Å². The summed E-state index contributed by atoms with van der Waals surface area (Å²) in [5, 5.41) is 8.34. The number of hydrogen-bond donors (Lipinski definition) is 1. The van der Waals surface area contributed by atoms with Gasteiger partial charge in [0.15, 0.2) is 0 Å². The van der Waals surface area contributed by atoms with Gasteiger partial charge in [0, 0.05) is 23.8 Å². The largest absolute Gasteiger partial charge is 0.378 e. The number of thiophene rings is 1. The van der Waals surface area contributed by atoms with Crippen LogP contribution in [0.15, 0.2) is 52.6 Å². The second-order valence-corrected chi connectivity index (χ2v) is 7.10. The van der Waals surface area contributed by atoms with Crippen molar-refractivity contribution in [3.8, 4) is 5.69 Å². The molecule has 3 rings (SSSR count). The monoisotopic (exact) mass is 367 g/mol. The van der Waals surface area contributed by atoms with Crippen molar-refractivity contribution in [2.45, 2.75) is 6.54 Å². The van der Waals surface area contributed by atoms with Crippen molar-refractivity contribution in [2.24, 2.45) is 0 Å². The molecule has 0 fully saturated rings. The van der Waals surface area contributed by atoms with E-state index >= 15 is 0 Å². The number of hydrogen-bond acceptors (Lipinski definition) is 3. The molecule has 0 aliphatic carbocycles. The molecule has 3 aromatic rings. The molecule has 0 unspecified atom stereocenters. The highest BCUT2D eigenvalue weighted by atomic mass is 79.9. The zero-order chi connectivity index (χ0) is 13.9. The first-order valence-electron chi connectivity index (χ1n) is 6.00. The van der Waals surface area contributed by atoms with E-state index in [1.807, 2.05) is 36.5 Å². The van der Waals surface area contributed by atoms with Gasteiger partial charge in [0.1, 0.15) is 5.69 Å². The van der Waals surface area contributed by atoms with E-state index in [0.29, 0.717) is 5.02 Å². The lowest BCUT2D eigenvalue weighted by molar-refractivity contribution is 0.880. The quantitative estimate of drug-likeness (QED) is 0.705. The molecule has 2 aromatic heterocycles. The van der Waals surface area contributed by atoms with E-state index in [2.05, 4.69) is 32.4 Å². The van der Waals surface area contributed by atoms with Crippen LogP contribution in [0.1, 0.15) is 4.88 Å². The van der Waals surface area contributed by atoms with Gasteiger partial charge in [0.05, 0.1) is 14.5 Å². The second-order valence-electron chi connectivity index (χ2n) is 4.15. The van der Waals surface area contributed by atoms with Crippen LogP contribution in [-0.2, 0) is 6.54 Å². The van der Waals surface area contributed by atoms with Gasteiger partial charge < -0.3 is 5.32 Å². The molecule has 0 aliphatic rings. The molecule has 0 radical (unpaired) electrons. The molecular weight excluding hydrogens is 358 g/mol. The third-order valence-electron chi connectivity index (χ3n) is 2.80. The Morgan fingerprint density at radius 1 is 1.25 bits per heavy atom. The maximum Gasteiger partial charge on any atom is 0.106 e. The Morgan fingerprint density at radius 3 is 2.85 bits per heavy atom. The van der Waals surface area contributed by atoms with Gasteiger partial charge in [-0.2, -0.15) is 5.10 Å². The summed E-state index contributed by atoms with van der Waals surface area (Å²) in [4.78, 5) is 1.25. The van der Waals surface area contributed by atoms with Crippen molar-refractivity contribution in [3.63, 3.8) is 0 Å². The second kappa shape index (κ2) is 5.99. The molecule has 1 N–H and O–H groups in total. The van der Waals surface area contributed by atoms with Crippen molar-refractivity contribution in [1.82, 2.24) is 9.78 Å². The topological polar surface area (TPSA) is 29.9 Å². The van der Waals surface area contributed by atoms with Crippen molar-refractivity contribution in [1.29, 1.82) is 0 Å². The summed E-state index contributed by atoms with van der Waals surface area (Å²) in [5.74, 6) is 0. The zero-order valence-corrected chi connectivity index (χ0v) is 13.5. The van der Waals surface area contributed by atoms with Crippen molar-refractivity contribution in [2.75, 3.05) is 5.32 Å². The Kier molecular flexibility index (Phi) is 4.10. The molecule has 1 aromatic carbocycles. The first kappa shape index (κ1) is 13.7. The van der Waals surface area contributed by atoms with Crippen LogP contribution in [-0.4, -0.2) is 9.78 Å². The van der Waals surface area contributed by atoms with Gasteiger partial charge in [0.25, 0.3) is 0 Å². The zero-order valence-electron chi connectivity index (χ0n) is 10.4. The summed E-state index contributed by atoms with van der Waals surface area (Å²) in [5.41, 5.74) is 1.83.